The van der Waals surface area contributed by atoms with E-state index in [9.17, 15) is 4.79 Å². The Balaban J connectivity index is 2.74. The van der Waals surface area contributed by atoms with Crippen LogP contribution in [-0.2, 0) is 9.53 Å². The van der Waals surface area contributed by atoms with E-state index < -0.39 is 5.92 Å². The van der Waals surface area contributed by atoms with Crippen LogP contribution in [0.1, 0.15) is 13.8 Å². The zero-order chi connectivity index (χ0) is 12.1. The zero-order valence-electron chi connectivity index (χ0n) is 9.72. The van der Waals surface area contributed by atoms with Crippen LogP contribution in [0, 0.1) is 11.8 Å². The van der Waals surface area contributed by atoms with Crippen molar-refractivity contribution in [3.8, 4) is 0 Å². The number of hydrogen-bond donors (Lipinski definition) is 2. The van der Waals surface area contributed by atoms with Gasteiger partial charge in [0.15, 0.2) is 5.84 Å². The largest absolute Gasteiger partial charge is 0.409 e. The first-order chi connectivity index (χ1) is 7.57. The lowest BCUT2D eigenvalue weighted by Crippen LogP contribution is -2.48. The molecule has 0 aromatic rings. The van der Waals surface area contributed by atoms with Crippen LogP contribution >= 0.6 is 0 Å². The van der Waals surface area contributed by atoms with E-state index in [-0.39, 0.29) is 17.7 Å². The predicted molar refractivity (Wildman–Crippen MR) is 59.1 cm³/mol. The molecule has 0 aromatic carbocycles. The van der Waals surface area contributed by atoms with Gasteiger partial charge in [0.2, 0.25) is 5.91 Å². The number of amidine groups is 1. The Morgan fingerprint density at radius 2 is 2.00 bits per heavy atom. The highest BCUT2D eigenvalue weighted by Gasteiger charge is 2.31. The van der Waals surface area contributed by atoms with E-state index in [4.69, 9.17) is 15.7 Å². The van der Waals surface area contributed by atoms with E-state index in [0.29, 0.717) is 26.3 Å². The molecule has 1 rings (SSSR count). The van der Waals surface area contributed by atoms with Crippen LogP contribution in [-0.4, -0.2) is 48.2 Å². The second-order valence-corrected chi connectivity index (χ2v) is 4.18. The van der Waals surface area contributed by atoms with Gasteiger partial charge in [0.1, 0.15) is 5.92 Å². The van der Waals surface area contributed by atoms with Gasteiger partial charge in [-0.15, -0.1) is 0 Å². The normalized spacial score (nSPS) is 19.9. The molecule has 1 aliphatic rings. The minimum absolute atomic E-state index is 0.00578. The van der Waals surface area contributed by atoms with Gasteiger partial charge in [-0.1, -0.05) is 19.0 Å². The molecule has 0 spiro atoms. The van der Waals surface area contributed by atoms with Gasteiger partial charge < -0.3 is 20.6 Å². The molecule has 1 saturated heterocycles. The number of carbonyl (C=O) groups is 1. The molecule has 0 saturated carbocycles. The van der Waals surface area contributed by atoms with Crippen LogP contribution < -0.4 is 5.73 Å². The maximum atomic E-state index is 12.1. The third-order valence-corrected chi connectivity index (χ3v) is 2.69. The summed E-state index contributed by atoms with van der Waals surface area (Å²) < 4.78 is 5.17. The Kier molecular flexibility index (Phi) is 4.54. The molecule has 1 unspecified atom stereocenters. The number of oxime groups is 1. The van der Waals surface area contributed by atoms with E-state index in [0.717, 1.165) is 0 Å². The van der Waals surface area contributed by atoms with E-state index in [1.54, 1.807) is 4.90 Å². The highest BCUT2D eigenvalue weighted by molar-refractivity contribution is 6.02. The molecular weight excluding hydrogens is 210 g/mol. The summed E-state index contributed by atoms with van der Waals surface area (Å²) in [5.74, 6) is -0.658. The van der Waals surface area contributed by atoms with Crippen molar-refractivity contribution in [2.75, 3.05) is 26.3 Å². The monoisotopic (exact) mass is 229 g/mol. The molecule has 6 nitrogen and oxygen atoms in total. The molecule has 1 aliphatic heterocycles. The Morgan fingerprint density at radius 3 is 2.44 bits per heavy atom. The Morgan fingerprint density at radius 1 is 1.44 bits per heavy atom. The van der Waals surface area contributed by atoms with Crippen molar-refractivity contribution in [2.24, 2.45) is 22.7 Å². The third-order valence-electron chi connectivity index (χ3n) is 2.69. The average Bonchev–Trinajstić information content (AvgIpc) is 2.29. The highest BCUT2D eigenvalue weighted by atomic mass is 16.5. The molecule has 92 valence electrons. The zero-order valence-corrected chi connectivity index (χ0v) is 9.72. The van der Waals surface area contributed by atoms with Crippen molar-refractivity contribution < 1.29 is 14.7 Å². The minimum atomic E-state index is -0.553. The van der Waals surface area contributed by atoms with Crippen molar-refractivity contribution in [1.29, 1.82) is 0 Å². The quantitative estimate of drug-likeness (QED) is 0.305. The molecule has 1 fully saturated rings. The number of nitrogens with two attached hydrogens (primary N) is 1. The van der Waals surface area contributed by atoms with Gasteiger partial charge in [0.05, 0.1) is 13.2 Å². The Labute approximate surface area is 95.0 Å². The fourth-order valence-corrected chi connectivity index (χ4v) is 1.80. The van der Waals surface area contributed by atoms with Crippen LogP contribution in [0.3, 0.4) is 0 Å². The van der Waals surface area contributed by atoms with E-state index in [2.05, 4.69) is 5.16 Å². The Bertz CT molecular complexity index is 272. The van der Waals surface area contributed by atoms with Crippen LogP contribution in [0.2, 0.25) is 0 Å². The van der Waals surface area contributed by atoms with Gasteiger partial charge in [-0.3, -0.25) is 4.79 Å². The predicted octanol–water partition coefficient (Wildman–Crippen LogP) is -0.136. The Hall–Kier alpha value is -1.30. The second kappa shape index (κ2) is 5.69. The van der Waals surface area contributed by atoms with Crippen molar-refractivity contribution in [2.45, 2.75) is 13.8 Å². The molecule has 1 atom stereocenters. The first kappa shape index (κ1) is 12.8. The number of ether oxygens (including phenoxy) is 1. The molecular formula is C10H19N3O3. The summed E-state index contributed by atoms with van der Waals surface area (Å²) in [6, 6.07) is 0. The number of rotatable bonds is 3. The fraction of sp³-hybridized carbons (Fsp3) is 0.800. The topological polar surface area (TPSA) is 88.2 Å². The first-order valence-corrected chi connectivity index (χ1v) is 5.42. The van der Waals surface area contributed by atoms with Crippen LogP contribution in [0.15, 0.2) is 5.16 Å². The molecule has 6 heteroatoms. The molecule has 0 bridgehead atoms. The van der Waals surface area contributed by atoms with Gasteiger partial charge in [-0.05, 0) is 5.92 Å². The maximum absolute atomic E-state index is 12.1. The lowest BCUT2D eigenvalue weighted by atomic mass is 9.93. The fourth-order valence-electron chi connectivity index (χ4n) is 1.80. The number of amides is 1. The summed E-state index contributed by atoms with van der Waals surface area (Å²) in [6.07, 6.45) is 0. The number of morpholine rings is 1. The van der Waals surface area contributed by atoms with E-state index >= 15 is 0 Å². The van der Waals surface area contributed by atoms with E-state index in [1.165, 1.54) is 0 Å². The molecule has 0 aliphatic carbocycles. The lowest BCUT2D eigenvalue weighted by Gasteiger charge is -2.31. The summed E-state index contributed by atoms with van der Waals surface area (Å²) in [7, 11) is 0. The summed E-state index contributed by atoms with van der Waals surface area (Å²) >= 11 is 0. The van der Waals surface area contributed by atoms with Crippen molar-refractivity contribution in [3.05, 3.63) is 0 Å². The number of carbonyl (C=O) groups excluding carboxylic acids is 1. The summed E-state index contributed by atoms with van der Waals surface area (Å²) in [5.41, 5.74) is 5.55. The van der Waals surface area contributed by atoms with Gasteiger partial charge in [-0.2, -0.15) is 0 Å². The smallest absolute Gasteiger partial charge is 0.233 e. The number of nitrogens with zero attached hydrogens (tertiary/aromatic N) is 2. The van der Waals surface area contributed by atoms with Crippen molar-refractivity contribution >= 4 is 11.7 Å². The molecule has 0 radical (unpaired) electrons. The van der Waals surface area contributed by atoms with Crippen molar-refractivity contribution in [1.82, 2.24) is 4.90 Å². The van der Waals surface area contributed by atoms with Gasteiger partial charge in [0.25, 0.3) is 0 Å². The standard InChI is InChI=1S/C10H19N3O3/c1-7(2)8(9(11)12-15)10(14)13-3-5-16-6-4-13/h7-8,15H,3-6H2,1-2H3,(H2,11,12). The number of hydrogen-bond acceptors (Lipinski definition) is 4. The molecule has 3 N–H and O–H groups in total. The van der Waals surface area contributed by atoms with Gasteiger partial charge in [0, 0.05) is 13.1 Å². The third kappa shape index (κ3) is 2.85. The SMILES string of the molecule is CC(C)C(C(=O)N1CCOCC1)C(N)=NO. The maximum Gasteiger partial charge on any atom is 0.233 e. The van der Waals surface area contributed by atoms with Crippen molar-refractivity contribution in [3.63, 3.8) is 0 Å². The second-order valence-electron chi connectivity index (χ2n) is 4.18. The summed E-state index contributed by atoms with van der Waals surface area (Å²) in [6.45, 7) is 5.99. The molecule has 1 amide bonds. The van der Waals surface area contributed by atoms with Crippen LogP contribution in [0.4, 0.5) is 0 Å². The molecule has 16 heavy (non-hydrogen) atoms. The summed E-state index contributed by atoms with van der Waals surface area (Å²) in [4.78, 5) is 13.8. The summed E-state index contributed by atoms with van der Waals surface area (Å²) in [5, 5.41) is 11.6. The average molecular weight is 229 g/mol. The molecule has 1 heterocycles. The highest BCUT2D eigenvalue weighted by Crippen LogP contribution is 2.15. The van der Waals surface area contributed by atoms with Gasteiger partial charge in [-0.25, -0.2) is 0 Å². The van der Waals surface area contributed by atoms with Crippen LogP contribution in [0.5, 0.6) is 0 Å². The van der Waals surface area contributed by atoms with Crippen LogP contribution in [0.25, 0.3) is 0 Å². The minimum Gasteiger partial charge on any atom is -0.409 e. The lowest BCUT2D eigenvalue weighted by molar-refractivity contribution is -0.138. The van der Waals surface area contributed by atoms with E-state index in [1.807, 2.05) is 13.8 Å². The van der Waals surface area contributed by atoms with Gasteiger partial charge >= 0.3 is 0 Å². The molecule has 0 aromatic heterocycles. The first-order valence-electron chi connectivity index (χ1n) is 5.42.